The number of nitrogens with zero attached hydrogens (tertiary/aromatic N) is 1. The lowest BCUT2D eigenvalue weighted by molar-refractivity contribution is -0.144. The van der Waals surface area contributed by atoms with E-state index in [-0.39, 0.29) is 0 Å². The SMILES string of the molecule is CN(c1ccccc1)C1(C(=O)O)CCCCC1. The van der Waals surface area contributed by atoms with Crippen LogP contribution in [0, 0.1) is 0 Å². The highest BCUT2D eigenvalue weighted by Crippen LogP contribution is 2.35. The summed E-state index contributed by atoms with van der Waals surface area (Å²) < 4.78 is 0. The molecule has 3 heteroatoms. The largest absolute Gasteiger partial charge is 0.479 e. The van der Waals surface area contributed by atoms with Gasteiger partial charge < -0.3 is 10.0 Å². The van der Waals surface area contributed by atoms with Crippen molar-refractivity contribution >= 4 is 11.7 Å². The summed E-state index contributed by atoms with van der Waals surface area (Å²) in [5, 5.41) is 9.58. The Kier molecular flexibility index (Phi) is 3.36. The van der Waals surface area contributed by atoms with Crippen molar-refractivity contribution in [3.63, 3.8) is 0 Å². The first kappa shape index (κ1) is 12.0. The highest BCUT2D eigenvalue weighted by atomic mass is 16.4. The first-order valence-electron chi connectivity index (χ1n) is 6.19. The highest BCUT2D eigenvalue weighted by Gasteiger charge is 2.43. The van der Waals surface area contributed by atoms with Gasteiger partial charge in [0.15, 0.2) is 0 Å². The topological polar surface area (TPSA) is 40.5 Å². The van der Waals surface area contributed by atoms with Gasteiger partial charge in [-0.1, -0.05) is 37.5 Å². The molecule has 92 valence electrons. The minimum absolute atomic E-state index is 0.691. The summed E-state index contributed by atoms with van der Waals surface area (Å²) in [5.41, 5.74) is 0.274. The lowest BCUT2D eigenvalue weighted by Crippen LogP contribution is -2.54. The van der Waals surface area contributed by atoms with E-state index in [0.29, 0.717) is 0 Å². The van der Waals surface area contributed by atoms with Crippen molar-refractivity contribution in [1.29, 1.82) is 0 Å². The number of benzene rings is 1. The van der Waals surface area contributed by atoms with Gasteiger partial charge in [-0.3, -0.25) is 0 Å². The third-order valence-electron chi connectivity index (χ3n) is 3.86. The van der Waals surface area contributed by atoms with E-state index in [9.17, 15) is 9.90 Å². The molecular weight excluding hydrogens is 214 g/mol. The predicted octanol–water partition coefficient (Wildman–Crippen LogP) is 2.91. The number of aliphatic carboxylic acids is 1. The molecule has 0 spiro atoms. The van der Waals surface area contributed by atoms with Crippen molar-refractivity contribution in [3.8, 4) is 0 Å². The zero-order valence-corrected chi connectivity index (χ0v) is 10.2. The summed E-state index contributed by atoms with van der Waals surface area (Å²) in [6, 6.07) is 9.79. The quantitative estimate of drug-likeness (QED) is 0.872. The second kappa shape index (κ2) is 4.78. The minimum atomic E-state index is -0.709. The summed E-state index contributed by atoms with van der Waals surface area (Å²) in [6.45, 7) is 0. The molecule has 0 aromatic heterocycles. The summed E-state index contributed by atoms with van der Waals surface area (Å²) in [4.78, 5) is 13.6. The first-order chi connectivity index (χ1) is 8.17. The van der Waals surface area contributed by atoms with E-state index in [1.165, 1.54) is 0 Å². The van der Waals surface area contributed by atoms with E-state index in [1.54, 1.807) is 0 Å². The summed E-state index contributed by atoms with van der Waals surface area (Å²) in [6.07, 6.45) is 4.64. The van der Waals surface area contributed by atoms with Crippen molar-refractivity contribution in [2.45, 2.75) is 37.6 Å². The fourth-order valence-electron chi connectivity index (χ4n) is 2.73. The van der Waals surface area contributed by atoms with Crippen LogP contribution in [-0.4, -0.2) is 23.7 Å². The second-order valence-electron chi connectivity index (χ2n) is 4.79. The third kappa shape index (κ3) is 2.14. The van der Waals surface area contributed by atoms with E-state index in [4.69, 9.17) is 0 Å². The van der Waals surface area contributed by atoms with Crippen molar-refractivity contribution in [2.75, 3.05) is 11.9 Å². The zero-order chi connectivity index (χ0) is 12.3. The van der Waals surface area contributed by atoms with Crippen molar-refractivity contribution in [3.05, 3.63) is 30.3 Å². The van der Waals surface area contributed by atoms with Gasteiger partial charge in [0.25, 0.3) is 0 Å². The van der Waals surface area contributed by atoms with E-state index in [0.717, 1.165) is 37.8 Å². The fourth-order valence-corrected chi connectivity index (χ4v) is 2.73. The Balaban J connectivity index is 2.30. The van der Waals surface area contributed by atoms with E-state index >= 15 is 0 Å². The standard InChI is InChI=1S/C14H19NO2/c1-15(12-8-4-2-5-9-12)14(13(16)17)10-6-3-7-11-14/h2,4-5,8-9H,3,6-7,10-11H2,1H3,(H,16,17). The van der Waals surface area contributed by atoms with Crippen LogP contribution in [-0.2, 0) is 4.79 Å². The molecule has 1 saturated carbocycles. The predicted molar refractivity (Wildman–Crippen MR) is 68.3 cm³/mol. The average Bonchev–Trinajstić information content (AvgIpc) is 2.39. The van der Waals surface area contributed by atoms with Gasteiger partial charge in [-0.15, -0.1) is 0 Å². The molecule has 2 rings (SSSR count). The Morgan fingerprint density at radius 2 is 1.76 bits per heavy atom. The van der Waals surface area contributed by atoms with Crippen LogP contribution < -0.4 is 4.90 Å². The molecular formula is C14H19NO2. The molecule has 1 N–H and O–H groups in total. The van der Waals surface area contributed by atoms with Crippen molar-refractivity contribution in [2.24, 2.45) is 0 Å². The van der Waals surface area contributed by atoms with Gasteiger partial charge in [0.05, 0.1) is 0 Å². The van der Waals surface area contributed by atoms with Crippen LogP contribution in [0.3, 0.4) is 0 Å². The molecule has 0 radical (unpaired) electrons. The smallest absolute Gasteiger partial charge is 0.329 e. The third-order valence-corrected chi connectivity index (χ3v) is 3.86. The van der Waals surface area contributed by atoms with Crippen LogP contribution in [0.1, 0.15) is 32.1 Å². The number of carboxylic acid groups (broad SMARTS) is 1. The molecule has 0 amide bonds. The molecule has 1 aromatic rings. The minimum Gasteiger partial charge on any atom is -0.479 e. The number of likely N-dealkylation sites (N-methyl/N-ethyl adjacent to an activating group) is 1. The normalized spacial score (nSPS) is 18.6. The van der Waals surface area contributed by atoms with Gasteiger partial charge in [-0.25, -0.2) is 4.79 Å². The lowest BCUT2D eigenvalue weighted by atomic mass is 9.80. The number of hydrogen-bond donors (Lipinski definition) is 1. The number of carbonyl (C=O) groups is 1. The van der Waals surface area contributed by atoms with Gasteiger partial charge in [0, 0.05) is 12.7 Å². The first-order valence-corrected chi connectivity index (χ1v) is 6.19. The number of hydrogen-bond acceptors (Lipinski definition) is 2. The molecule has 1 aromatic carbocycles. The maximum absolute atomic E-state index is 11.6. The molecule has 0 unspecified atom stereocenters. The highest BCUT2D eigenvalue weighted by molar-refractivity contribution is 5.83. The average molecular weight is 233 g/mol. The van der Waals surface area contributed by atoms with E-state index < -0.39 is 11.5 Å². The molecule has 1 aliphatic rings. The molecule has 17 heavy (non-hydrogen) atoms. The second-order valence-corrected chi connectivity index (χ2v) is 4.79. The molecule has 1 aliphatic carbocycles. The Labute approximate surface area is 102 Å². The van der Waals surface area contributed by atoms with Crippen LogP contribution >= 0.6 is 0 Å². The summed E-state index contributed by atoms with van der Waals surface area (Å²) >= 11 is 0. The molecule has 0 bridgehead atoms. The van der Waals surface area contributed by atoms with Crippen molar-refractivity contribution in [1.82, 2.24) is 0 Å². The molecule has 0 atom stereocenters. The van der Waals surface area contributed by atoms with Crippen LogP contribution in [0.4, 0.5) is 5.69 Å². The molecule has 0 heterocycles. The van der Waals surface area contributed by atoms with Crippen molar-refractivity contribution < 1.29 is 9.90 Å². The van der Waals surface area contributed by atoms with Crippen LogP contribution in [0.15, 0.2) is 30.3 Å². The van der Waals surface area contributed by atoms with Crippen LogP contribution in [0.25, 0.3) is 0 Å². The fraction of sp³-hybridized carbons (Fsp3) is 0.500. The van der Waals surface area contributed by atoms with Gasteiger partial charge in [-0.2, -0.15) is 0 Å². The Morgan fingerprint density at radius 1 is 1.18 bits per heavy atom. The molecule has 0 aliphatic heterocycles. The van der Waals surface area contributed by atoms with Gasteiger partial charge in [0.1, 0.15) is 5.54 Å². The molecule has 0 saturated heterocycles. The Morgan fingerprint density at radius 3 is 2.29 bits per heavy atom. The van der Waals surface area contributed by atoms with Gasteiger partial charge in [-0.05, 0) is 25.0 Å². The molecule has 3 nitrogen and oxygen atoms in total. The maximum atomic E-state index is 11.6. The summed E-state index contributed by atoms with van der Waals surface area (Å²) in [5.74, 6) is -0.691. The Hall–Kier alpha value is -1.51. The number of para-hydroxylation sites is 1. The number of anilines is 1. The summed E-state index contributed by atoms with van der Waals surface area (Å²) in [7, 11) is 1.90. The van der Waals surface area contributed by atoms with Gasteiger partial charge in [0.2, 0.25) is 0 Å². The zero-order valence-electron chi connectivity index (χ0n) is 10.2. The van der Waals surface area contributed by atoms with Gasteiger partial charge >= 0.3 is 5.97 Å². The van der Waals surface area contributed by atoms with Crippen LogP contribution in [0.2, 0.25) is 0 Å². The maximum Gasteiger partial charge on any atom is 0.329 e. The lowest BCUT2D eigenvalue weighted by Gasteiger charge is -2.42. The molecule has 1 fully saturated rings. The Bertz CT molecular complexity index is 382. The van der Waals surface area contributed by atoms with Crippen LogP contribution in [0.5, 0.6) is 0 Å². The van der Waals surface area contributed by atoms with E-state index in [2.05, 4.69) is 0 Å². The monoisotopic (exact) mass is 233 g/mol. The van der Waals surface area contributed by atoms with E-state index in [1.807, 2.05) is 42.3 Å². The number of rotatable bonds is 3. The number of carboxylic acids is 1.